The van der Waals surface area contributed by atoms with Gasteiger partial charge in [0.1, 0.15) is 25.0 Å². The fourth-order valence-electron chi connectivity index (χ4n) is 3.62. The molecule has 0 atom stereocenters. The van der Waals surface area contributed by atoms with E-state index in [1.54, 1.807) is 11.0 Å². The van der Waals surface area contributed by atoms with Crippen LogP contribution in [0, 0.1) is 11.3 Å². The molecule has 1 aliphatic rings. The van der Waals surface area contributed by atoms with Crippen LogP contribution >= 0.6 is 0 Å². The van der Waals surface area contributed by atoms with Crippen LogP contribution in [0.4, 0.5) is 0 Å². The maximum Gasteiger partial charge on any atom is 0.154 e. The van der Waals surface area contributed by atoms with Crippen molar-refractivity contribution >= 4 is 0 Å². The minimum absolute atomic E-state index is 0.434. The highest BCUT2D eigenvalue weighted by atomic mass is 15.4. The number of aromatic nitrogens is 6. The highest BCUT2D eigenvalue weighted by molar-refractivity contribution is 5.31. The predicted octanol–water partition coefficient (Wildman–Crippen LogP) is 1.71. The standard InChI is InChI=1S/C19H22N8/c1-25-18(12-27-14-21-13-22-27)23-24-19(25)17-6-8-26(9-7-17)11-16-4-2-15(10-20)3-5-16/h2-5,13-14,17H,6-9,11-12H2,1H3. The molecule has 0 unspecified atom stereocenters. The Labute approximate surface area is 158 Å². The molecule has 4 rings (SSSR count). The van der Waals surface area contributed by atoms with Gasteiger partial charge in [0.15, 0.2) is 5.82 Å². The highest BCUT2D eigenvalue weighted by Gasteiger charge is 2.25. The molecule has 0 aliphatic carbocycles. The van der Waals surface area contributed by atoms with Gasteiger partial charge in [-0.2, -0.15) is 10.4 Å². The number of hydrogen-bond acceptors (Lipinski definition) is 6. The van der Waals surface area contributed by atoms with Crippen molar-refractivity contribution in [3.63, 3.8) is 0 Å². The summed E-state index contributed by atoms with van der Waals surface area (Å²) in [6.07, 6.45) is 5.37. The number of nitrogens with zero attached hydrogens (tertiary/aromatic N) is 8. The van der Waals surface area contributed by atoms with Crippen LogP contribution in [-0.4, -0.2) is 47.5 Å². The Hall–Kier alpha value is -3.05. The van der Waals surface area contributed by atoms with E-state index in [9.17, 15) is 0 Å². The summed E-state index contributed by atoms with van der Waals surface area (Å²) in [6, 6.07) is 10.0. The number of likely N-dealkylation sites (tertiary alicyclic amines) is 1. The molecule has 0 bridgehead atoms. The molecular weight excluding hydrogens is 340 g/mol. The number of rotatable bonds is 5. The van der Waals surface area contributed by atoms with Gasteiger partial charge < -0.3 is 4.57 Å². The van der Waals surface area contributed by atoms with E-state index >= 15 is 0 Å². The Morgan fingerprint density at radius 2 is 1.89 bits per heavy atom. The molecule has 1 aromatic carbocycles. The molecule has 0 spiro atoms. The summed E-state index contributed by atoms with van der Waals surface area (Å²) in [7, 11) is 2.03. The third kappa shape index (κ3) is 3.88. The van der Waals surface area contributed by atoms with Crippen molar-refractivity contribution in [2.45, 2.75) is 31.8 Å². The molecule has 138 valence electrons. The van der Waals surface area contributed by atoms with Gasteiger partial charge in [-0.15, -0.1) is 10.2 Å². The molecule has 1 saturated heterocycles. The first-order valence-electron chi connectivity index (χ1n) is 9.15. The maximum atomic E-state index is 8.90. The van der Waals surface area contributed by atoms with Gasteiger partial charge in [-0.05, 0) is 43.6 Å². The van der Waals surface area contributed by atoms with Gasteiger partial charge in [-0.1, -0.05) is 12.1 Å². The average Bonchev–Trinajstić information content (AvgIpc) is 3.34. The van der Waals surface area contributed by atoms with E-state index in [1.165, 1.54) is 11.9 Å². The van der Waals surface area contributed by atoms with E-state index in [0.717, 1.165) is 44.1 Å². The largest absolute Gasteiger partial charge is 0.316 e. The minimum atomic E-state index is 0.434. The van der Waals surface area contributed by atoms with Crippen molar-refractivity contribution in [2.75, 3.05) is 13.1 Å². The molecule has 0 amide bonds. The first-order valence-corrected chi connectivity index (χ1v) is 9.15. The Morgan fingerprint density at radius 1 is 1.11 bits per heavy atom. The summed E-state index contributed by atoms with van der Waals surface area (Å²) in [5.74, 6) is 2.39. The van der Waals surface area contributed by atoms with E-state index in [-0.39, 0.29) is 0 Å². The Morgan fingerprint density at radius 3 is 2.56 bits per heavy atom. The van der Waals surface area contributed by atoms with E-state index in [4.69, 9.17) is 5.26 Å². The van der Waals surface area contributed by atoms with Gasteiger partial charge >= 0.3 is 0 Å². The van der Waals surface area contributed by atoms with Crippen LogP contribution < -0.4 is 0 Å². The maximum absolute atomic E-state index is 8.90. The second-order valence-corrected chi connectivity index (χ2v) is 6.99. The van der Waals surface area contributed by atoms with Gasteiger partial charge in [-0.25, -0.2) is 9.67 Å². The lowest BCUT2D eigenvalue weighted by molar-refractivity contribution is 0.200. The molecule has 0 N–H and O–H groups in total. The molecule has 0 radical (unpaired) electrons. The lowest BCUT2D eigenvalue weighted by atomic mass is 9.95. The molecule has 1 fully saturated rings. The molecule has 3 heterocycles. The zero-order chi connectivity index (χ0) is 18.6. The molecular formula is C19H22N8. The Bertz CT molecular complexity index is 912. The second kappa shape index (κ2) is 7.68. The number of nitriles is 1. The van der Waals surface area contributed by atoms with Crippen molar-refractivity contribution in [1.29, 1.82) is 5.26 Å². The monoisotopic (exact) mass is 362 g/mol. The van der Waals surface area contributed by atoms with Gasteiger partial charge in [0.2, 0.25) is 0 Å². The van der Waals surface area contributed by atoms with Gasteiger partial charge in [-0.3, -0.25) is 4.90 Å². The third-order valence-corrected chi connectivity index (χ3v) is 5.21. The molecule has 2 aromatic heterocycles. The van der Waals surface area contributed by atoms with E-state index < -0.39 is 0 Å². The van der Waals surface area contributed by atoms with Crippen LogP contribution in [0.15, 0.2) is 36.9 Å². The zero-order valence-electron chi connectivity index (χ0n) is 15.4. The van der Waals surface area contributed by atoms with E-state index in [2.05, 4.69) is 35.8 Å². The Kier molecular flexibility index (Phi) is 4.94. The number of hydrogen-bond donors (Lipinski definition) is 0. The van der Waals surface area contributed by atoms with E-state index in [0.29, 0.717) is 18.0 Å². The first-order chi connectivity index (χ1) is 13.2. The molecule has 8 heteroatoms. The predicted molar refractivity (Wildman–Crippen MR) is 98.5 cm³/mol. The summed E-state index contributed by atoms with van der Waals surface area (Å²) < 4.78 is 3.86. The number of benzene rings is 1. The van der Waals surface area contributed by atoms with Crippen molar-refractivity contribution in [2.24, 2.45) is 7.05 Å². The van der Waals surface area contributed by atoms with E-state index in [1.807, 2.05) is 31.3 Å². The van der Waals surface area contributed by atoms with Crippen molar-refractivity contribution in [3.8, 4) is 6.07 Å². The smallest absolute Gasteiger partial charge is 0.154 e. The van der Waals surface area contributed by atoms with Crippen LogP contribution in [0.5, 0.6) is 0 Å². The molecule has 27 heavy (non-hydrogen) atoms. The van der Waals surface area contributed by atoms with Crippen LogP contribution in [0.1, 0.15) is 41.5 Å². The normalized spacial score (nSPS) is 15.7. The van der Waals surface area contributed by atoms with Crippen molar-refractivity contribution in [3.05, 3.63) is 59.7 Å². The lowest BCUT2D eigenvalue weighted by Gasteiger charge is -2.31. The second-order valence-electron chi connectivity index (χ2n) is 6.99. The number of piperidine rings is 1. The molecule has 8 nitrogen and oxygen atoms in total. The van der Waals surface area contributed by atoms with Crippen LogP contribution in [0.3, 0.4) is 0 Å². The third-order valence-electron chi connectivity index (χ3n) is 5.21. The summed E-state index contributed by atoms with van der Waals surface area (Å²) in [6.45, 7) is 3.59. The minimum Gasteiger partial charge on any atom is -0.316 e. The van der Waals surface area contributed by atoms with Gasteiger partial charge in [0.05, 0.1) is 11.6 Å². The van der Waals surface area contributed by atoms with Crippen molar-refractivity contribution in [1.82, 2.24) is 34.4 Å². The SMILES string of the molecule is Cn1c(Cn2cncn2)nnc1C1CCN(Cc2ccc(C#N)cc2)CC1. The van der Waals surface area contributed by atoms with Gasteiger partial charge in [0, 0.05) is 19.5 Å². The van der Waals surface area contributed by atoms with Crippen LogP contribution in [-0.2, 0) is 20.1 Å². The topological polar surface area (TPSA) is 88.4 Å². The summed E-state index contributed by atoms with van der Waals surface area (Å²) >= 11 is 0. The fraction of sp³-hybridized carbons (Fsp3) is 0.421. The average molecular weight is 362 g/mol. The highest BCUT2D eigenvalue weighted by Crippen LogP contribution is 2.27. The Balaban J connectivity index is 1.35. The zero-order valence-corrected chi connectivity index (χ0v) is 15.4. The van der Waals surface area contributed by atoms with Crippen LogP contribution in [0.2, 0.25) is 0 Å². The fourth-order valence-corrected chi connectivity index (χ4v) is 3.62. The van der Waals surface area contributed by atoms with Crippen LogP contribution in [0.25, 0.3) is 0 Å². The summed E-state index contributed by atoms with van der Waals surface area (Å²) in [5, 5.41) is 21.8. The summed E-state index contributed by atoms with van der Waals surface area (Å²) in [5.41, 5.74) is 1.96. The first kappa shape index (κ1) is 17.4. The molecule has 3 aromatic rings. The molecule has 1 aliphatic heterocycles. The van der Waals surface area contributed by atoms with Crippen molar-refractivity contribution < 1.29 is 0 Å². The quantitative estimate of drug-likeness (QED) is 0.686. The van der Waals surface area contributed by atoms with Gasteiger partial charge in [0.25, 0.3) is 0 Å². The lowest BCUT2D eigenvalue weighted by Crippen LogP contribution is -2.33. The summed E-state index contributed by atoms with van der Waals surface area (Å²) in [4.78, 5) is 6.43. The molecule has 0 saturated carbocycles.